The molecular formula is C13H14ClN3. The second kappa shape index (κ2) is 6.07. The molecule has 17 heavy (non-hydrogen) atoms. The third kappa shape index (κ3) is 3.33. The number of imidazole rings is 1. The lowest BCUT2D eigenvalue weighted by atomic mass is 10.1. The zero-order chi connectivity index (χ0) is 11.4. The van der Waals surface area contributed by atoms with Gasteiger partial charge in [-0.05, 0) is 31.0 Å². The Kier molecular flexibility index (Phi) is 4.74. The van der Waals surface area contributed by atoms with Crippen molar-refractivity contribution in [3.63, 3.8) is 0 Å². The largest absolute Gasteiger partial charge is 0.334 e. The number of nitrogens with zero attached hydrogens (tertiary/aromatic N) is 3. The molecule has 2 aromatic rings. The molecule has 1 heterocycles. The summed E-state index contributed by atoms with van der Waals surface area (Å²) in [7, 11) is 0. The molecule has 1 unspecified atom stereocenters. The van der Waals surface area contributed by atoms with Crippen molar-refractivity contribution in [3.05, 3.63) is 54.1 Å². The van der Waals surface area contributed by atoms with Crippen LogP contribution in [-0.4, -0.2) is 9.55 Å². The van der Waals surface area contributed by atoms with E-state index >= 15 is 0 Å². The maximum Gasteiger partial charge on any atom is 0.0991 e. The van der Waals surface area contributed by atoms with Crippen molar-refractivity contribution in [2.45, 2.75) is 19.4 Å². The predicted octanol–water partition coefficient (Wildman–Crippen LogP) is 2.98. The van der Waals surface area contributed by atoms with Gasteiger partial charge in [0.05, 0.1) is 18.0 Å². The van der Waals surface area contributed by atoms with Crippen LogP contribution >= 0.6 is 12.4 Å². The van der Waals surface area contributed by atoms with E-state index in [0.29, 0.717) is 11.6 Å². The maximum absolute atomic E-state index is 8.70. The van der Waals surface area contributed by atoms with Crippen molar-refractivity contribution in [2.24, 2.45) is 0 Å². The average Bonchev–Trinajstić information content (AvgIpc) is 2.83. The number of halogens is 1. The highest BCUT2D eigenvalue weighted by atomic mass is 35.5. The van der Waals surface area contributed by atoms with Crippen LogP contribution < -0.4 is 0 Å². The number of rotatable bonds is 3. The summed E-state index contributed by atoms with van der Waals surface area (Å²) in [4.78, 5) is 4.03. The lowest BCUT2D eigenvalue weighted by molar-refractivity contribution is 0.544. The molecule has 1 atom stereocenters. The maximum atomic E-state index is 8.70. The Bertz CT molecular complexity index is 482. The van der Waals surface area contributed by atoms with Crippen LogP contribution in [0.1, 0.15) is 24.1 Å². The van der Waals surface area contributed by atoms with Crippen molar-refractivity contribution in [3.8, 4) is 6.07 Å². The summed E-state index contributed by atoms with van der Waals surface area (Å²) in [6.07, 6.45) is 6.53. The quantitative estimate of drug-likeness (QED) is 0.837. The third-order valence-electron chi connectivity index (χ3n) is 2.65. The first kappa shape index (κ1) is 13.3. The van der Waals surface area contributed by atoms with Gasteiger partial charge in [0.2, 0.25) is 0 Å². The van der Waals surface area contributed by atoms with Crippen LogP contribution in [0.15, 0.2) is 43.0 Å². The third-order valence-corrected chi connectivity index (χ3v) is 2.65. The molecule has 0 saturated heterocycles. The van der Waals surface area contributed by atoms with Crippen LogP contribution in [0.2, 0.25) is 0 Å². The molecule has 1 aromatic heterocycles. The Hall–Kier alpha value is -1.79. The van der Waals surface area contributed by atoms with E-state index in [1.54, 1.807) is 6.20 Å². The molecular weight excluding hydrogens is 234 g/mol. The second-order valence-corrected chi connectivity index (χ2v) is 3.87. The lowest BCUT2D eigenvalue weighted by Crippen LogP contribution is -2.05. The summed E-state index contributed by atoms with van der Waals surface area (Å²) in [6, 6.07) is 10.2. The summed E-state index contributed by atoms with van der Waals surface area (Å²) in [5.41, 5.74) is 1.94. The van der Waals surface area contributed by atoms with E-state index in [9.17, 15) is 0 Å². The molecule has 0 radical (unpaired) electrons. The fourth-order valence-electron chi connectivity index (χ4n) is 1.69. The minimum absolute atomic E-state index is 0. The van der Waals surface area contributed by atoms with Crippen molar-refractivity contribution in [2.75, 3.05) is 0 Å². The molecule has 0 aliphatic rings. The number of nitriles is 1. The van der Waals surface area contributed by atoms with Gasteiger partial charge < -0.3 is 4.57 Å². The van der Waals surface area contributed by atoms with Crippen molar-refractivity contribution in [1.82, 2.24) is 9.55 Å². The Morgan fingerprint density at radius 3 is 2.59 bits per heavy atom. The zero-order valence-electron chi connectivity index (χ0n) is 9.58. The topological polar surface area (TPSA) is 41.6 Å². The minimum atomic E-state index is 0. The molecule has 4 heteroatoms. The molecule has 3 nitrogen and oxygen atoms in total. The molecule has 0 aliphatic heterocycles. The number of aromatic nitrogens is 2. The van der Waals surface area contributed by atoms with E-state index in [1.807, 2.05) is 36.8 Å². The van der Waals surface area contributed by atoms with Gasteiger partial charge in [-0.3, -0.25) is 0 Å². The standard InChI is InChI=1S/C13H13N3.ClH/c1-11(16-7-6-15-10-16)8-12-2-4-13(9-14)5-3-12;/h2-7,10-11H,8H2,1H3;1H. The zero-order valence-corrected chi connectivity index (χ0v) is 10.4. The molecule has 0 aliphatic carbocycles. The highest BCUT2D eigenvalue weighted by Crippen LogP contribution is 2.13. The van der Waals surface area contributed by atoms with Gasteiger partial charge in [-0.2, -0.15) is 5.26 Å². The van der Waals surface area contributed by atoms with E-state index in [0.717, 1.165) is 6.42 Å². The highest BCUT2D eigenvalue weighted by Gasteiger charge is 2.04. The van der Waals surface area contributed by atoms with Crippen LogP contribution in [-0.2, 0) is 6.42 Å². The Balaban J connectivity index is 0.00000144. The lowest BCUT2D eigenvalue weighted by Gasteiger charge is -2.12. The fourth-order valence-corrected chi connectivity index (χ4v) is 1.69. The molecule has 1 aromatic carbocycles. The van der Waals surface area contributed by atoms with E-state index in [4.69, 9.17) is 5.26 Å². The fraction of sp³-hybridized carbons (Fsp3) is 0.231. The Morgan fingerprint density at radius 2 is 2.06 bits per heavy atom. The first-order chi connectivity index (χ1) is 7.79. The van der Waals surface area contributed by atoms with E-state index in [2.05, 4.69) is 22.5 Å². The summed E-state index contributed by atoms with van der Waals surface area (Å²) in [5, 5.41) is 8.70. The monoisotopic (exact) mass is 247 g/mol. The van der Waals surface area contributed by atoms with Gasteiger partial charge in [0, 0.05) is 18.4 Å². The summed E-state index contributed by atoms with van der Waals surface area (Å²) < 4.78 is 2.08. The predicted molar refractivity (Wildman–Crippen MR) is 69.0 cm³/mol. The molecule has 0 spiro atoms. The molecule has 0 bridgehead atoms. The van der Waals surface area contributed by atoms with Crippen LogP contribution in [0.5, 0.6) is 0 Å². The Labute approximate surface area is 107 Å². The summed E-state index contributed by atoms with van der Waals surface area (Å²) in [5.74, 6) is 0. The van der Waals surface area contributed by atoms with Crippen LogP contribution in [0.3, 0.4) is 0 Å². The van der Waals surface area contributed by atoms with Crippen molar-refractivity contribution in [1.29, 1.82) is 5.26 Å². The molecule has 0 fully saturated rings. The first-order valence-electron chi connectivity index (χ1n) is 5.26. The minimum Gasteiger partial charge on any atom is -0.334 e. The SMILES string of the molecule is CC(Cc1ccc(C#N)cc1)n1ccnc1.Cl. The number of hydrogen-bond acceptors (Lipinski definition) is 2. The average molecular weight is 248 g/mol. The van der Waals surface area contributed by atoms with E-state index in [-0.39, 0.29) is 12.4 Å². The van der Waals surface area contributed by atoms with Crippen molar-refractivity contribution < 1.29 is 0 Å². The smallest absolute Gasteiger partial charge is 0.0991 e. The van der Waals surface area contributed by atoms with Gasteiger partial charge in [-0.1, -0.05) is 12.1 Å². The molecule has 2 rings (SSSR count). The van der Waals surface area contributed by atoms with E-state index < -0.39 is 0 Å². The molecule has 0 amide bonds. The van der Waals surface area contributed by atoms with Crippen molar-refractivity contribution >= 4 is 12.4 Å². The van der Waals surface area contributed by atoms with E-state index in [1.165, 1.54) is 5.56 Å². The van der Waals surface area contributed by atoms with Gasteiger partial charge in [0.1, 0.15) is 0 Å². The molecule has 0 saturated carbocycles. The number of benzene rings is 1. The summed E-state index contributed by atoms with van der Waals surface area (Å²) >= 11 is 0. The van der Waals surface area contributed by atoms with Gasteiger partial charge >= 0.3 is 0 Å². The Morgan fingerprint density at radius 1 is 1.35 bits per heavy atom. The highest BCUT2D eigenvalue weighted by molar-refractivity contribution is 5.85. The van der Waals surface area contributed by atoms with Crippen LogP contribution in [0, 0.1) is 11.3 Å². The van der Waals surface area contributed by atoms with Gasteiger partial charge in [-0.25, -0.2) is 4.98 Å². The first-order valence-corrected chi connectivity index (χ1v) is 5.26. The van der Waals surface area contributed by atoms with Crippen LogP contribution in [0.4, 0.5) is 0 Å². The number of hydrogen-bond donors (Lipinski definition) is 0. The summed E-state index contributed by atoms with van der Waals surface area (Å²) in [6.45, 7) is 2.15. The molecule has 0 N–H and O–H groups in total. The normalized spacial score (nSPS) is 11.3. The van der Waals surface area contributed by atoms with Gasteiger partial charge in [0.15, 0.2) is 0 Å². The van der Waals surface area contributed by atoms with Crippen LogP contribution in [0.25, 0.3) is 0 Å². The van der Waals surface area contributed by atoms with Gasteiger partial charge in [0.25, 0.3) is 0 Å². The van der Waals surface area contributed by atoms with Gasteiger partial charge in [-0.15, -0.1) is 12.4 Å². The molecule has 88 valence electrons. The second-order valence-electron chi connectivity index (χ2n) is 3.87.